The molecule has 6 heteroatoms. The van der Waals surface area contributed by atoms with Gasteiger partial charge < -0.3 is 16.5 Å². The quantitative estimate of drug-likeness (QED) is 0.588. The van der Waals surface area contributed by atoms with Crippen LogP contribution in [0.25, 0.3) is 0 Å². The van der Waals surface area contributed by atoms with Crippen LogP contribution >= 0.6 is 0 Å². The van der Waals surface area contributed by atoms with E-state index in [4.69, 9.17) is 16.4 Å². The van der Waals surface area contributed by atoms with Gasteiger partial charge >= 0.3 is 0 Å². The van der Waals surface area contributed by atoms with Crippen LogP contribution in [-0.4, -0.2) is 16.6 Å². The molecule has 0 unspecified atom stereocenters. The summed E-state index contributed by atoms with van der Waals surface area (Å²) >= 11 is 0. The first-order valence-corrected chi connectivity index (χ1v) is 8.08. The van der Waals surface area contributed by atoms with Gasteiger partial charge in [-0.25, -0.2) is 4.98 Å². The van der Waals surface area contributed by atoms with Crippen LogP contribution in [0.15, 0.2) is 24.4 Å². The number of anilines is 2. The molecule has 1 amide bonds. The smallest absolute Gasteiger partial charge is 0.274 e. The molecule has 25 heavy (non-hydrogen) atoms. The van der Waals surface area contributed by atoms with Gasteiger partial charge in [-0.15, -0.1) is 0 Å². The van der Waals surface area contributed by atoms with Crippen LogP contribution in [0.5, 0.6) is 0 Å². The Hall–Kier alpha value is -3.20. The van der Waals surface area contributed by atoms with E-state index >= 15 is 0 Å². The number of nitrogens with zero attached hydrogens (tertiary/aromatic N) is 2. The third-order valence-electron chi connectivity index (χ3n) is 4.57. The maximum absolute atomic E-state index is 12.6. The average molecular weight is 333 g/mol. The van der Waals surface area contributed by atoms with Gasteiger partial charge in [0.25, 0.3) is 5.91 Å². The Labute approximate surface area is 146 Å². The van der Waals surface area contributed by atoms with Crippen LogP contribution < -0.4 is 11.1 Å². The fraction of sp³-hybridized carbons (Fsp3) is 0.263. The zero-order chi connectivity index (χ0) is 18.1. The zero-order valence-corrected chi connectivity index (χ0v) is 14.2. The molecule has 1 saturated carbocycles. The number of rotatable bonds is 4. The van der Waals surface area contributed by atoms with Crippen molar-refractivity contribution in [2.75, 3.05) is 11.1 Å². The van der Waals surface area contributed by atoms with Gasteiger partial charge in [0.05, 0.1) is 5.56 Å². The van der Waals surface area contributed by atoms with Crippen molar-refractivity contribution in [2.45, 2.75) is 26.7 Å². The highest BCUT2D eigenvalue weighted by atomic mass is 16.1. The van der Waals surface area contributed by atoms with Crippen molar-refractivity contribution in [2.24, 2.45) is 5.92 Å². The van der Waals surface area contributed by atoms with Gasteiger partial charge in [0.1, 0.15) is 11.8 Å². The van der Waals surface area contributed by atoms with E-state index in [0.717, 1.165) is 18.4 Å². The van der Waals surface area contributed by atoms with Gasteiger partial charge in [0.2, 0.25) is 0 Å². The lowest BCUT2D eigenvalue weighted by atomic mass is 10.0. The summed E-state index contributed by atoms with van der Waals surface area (Å²) in [6.45, 7) is 3.57. The molecule has 1 aromatic carbocycles. The first-order valence-electron chi connectivity index (χ1n) is 8.08. The molecule has 1 aliphatic rings. The average Bonchev–Trinajstić information content (AvgIpc) is 3.43. The fourth-order valence-corrected chi connectivity index (χ4v) is 2.69. The summed E-state index contributed by atoms with van der Waals surface area (Å²) in [5.41, 5.74) is 10.5. The fourth-order valence-electron chi connectivity index (χ4n) is 2.69. The second-order valence-corrected chi connectivity index (χ2v) is 6.33. The van der Waals surface area contributed by atoms with Crippen LogP contribution in [0.3, 0.4) is 0 Å². The lowest BCUT2D eigenvalue weighted by molar-refractivity contribution is 0.102. The van der Waals surface area contributed by atoms with Crippen molar-refractivity contribution in [1.29, 1.82) is 10.7 Å². The summed E-state index contributed by atoms with van der Waals surface area (Å²) in [5.74, 6) is -0.0721. The highest BCUT2D eigenvalue weighted by molar-refractivity contribution is 6.08. The predicted molar refractivity (Wildman–Crippen MR) is 96.8 cm³/mol. The van der Waals surface area contributed by atoms with Gasteiger partial charge in [-0.05, 0) is 56.0 Å². The number of aromatic nitrogens is 1. The van der Waals surface area contributed by atoms with E-state index in [2.05, 4.69) is 16.4 Å². The Kier molecular flexibility index (Phi) is 4.24. The third kappa shape index (κ3) is 3.22. The highest BCUT2D eigenvalue weighted by Crippen LogP contribution is 2.34. The lowest BCUT2D eigenvalue weighted by Crippen LogP contribution is -2.17. The molecule has 0 saturated heterocycles. The molecular formula is C19H19N5O. The van der Waals surface area contributed by atoms with Crippen LogP contribution in [0.1, 0.15) is 45.6 Å². The van der Waals surface area contributed by atoms with E-state index in [1.807, 2.05) is 0 Å². The van der Waals surface area contributed by atoms with Crippen molar-refractivity contribution < 1.29 is 4.79 Å². The minimum absolute atomic E-state index is 0.276. The highest BCUT2D eigenvalue weighted by Gasteiger charge is 2.28. The number of pyridine rings is 1. The minimum Gasteiger partial charge on any atom is -0.398 e. The number of amides is 1. The Bertz CT molecular complexity index is 922. The van der Waals surface area contributed by atoms with E-state index in [-0.39, 0.29) is 17.5 Å². The summed E-state index contributed by atoms with van der Waals surface area (Å²) in [4.78, 5) is 16.7. The maximum Gasteiger partial charge on any atom is 0.274 e. The van der Waals surface area contributed by atoms with Gasteiger partial charge in [-0.1, -0.05) is 0 Å². The summed E-state index contributed by atoms with van der Waals surface area (Å²) in [6.07, 6.45) is 3.44. The molecule has 4 N–H and O–H groups in total. The number of carbonyl (C=O) groups is 1. The van der Waals surface area contributed by atoms with E-state index in [0.29, 0.717) is 33.8 Å². The van der Waals surface area contributed by atoms with Gasteiger partial charge in [-0.3, -0.25) is 4.79 Å². The Morgan fingerprint density at radius 1 is 1.36 bits per heavy atom. The summed E-state index contributed by atoms with van der Waals surface area (Å²) < 4.78 is 0. The van der Waals surface area contributed by atoms with Crippen molar-refractivity contribution in [3.05, 3.63) is 52.3 Å². The number of nitrogen functional groups attached to an aromatic ring is 1. The number of nitriles is 1. The van der Waals surface area contributed by atoms with E-state index in [9.17, 15) is 4.79 Å². The Morgan fingerprint density at radius 3 is 2.72 bits per heavy atom. The molecule has 1 heterocycles. The number of nitrogens with two attached hydrogens (primary N) is 1. The minimum atomic E-state index is -0.348. The van der Waals surface area contributed by atoms with E-state index in [1.165, 1.54) is 6.20 Å². The molecule has 0 bridgehead atoms. The molecule has 126 valence electrons. The number of carbonyl (C=O) groups excluding carboxylic acids is 1. The number of hydrogen-bond donors (Lipinski definition) is 3. The standard InChI is InChI=1S/C19H19N5O/c1-10-11(2)18(23-9-13(10)8-20)19(25)24-14-5-6-16(21)15(7-14)17(22)12-3-4-12/h5-7,9,12,22H,3-4,21H2,1-2H3,(H,24,25). The molecule has 0 aliphatic heterocycles. The summed E-state index contributed by atoms with van der Waals surface area (Å²) in [7, 11) is 0. The number of hydrogen-bond acceptors (Lipinski definition) is 5. The molecule has 0 radical (unpaired) electrons. The van der Waals surface area contributed by atoms with Crippen LogP contribution in [0.4, 0.5) is 11.4 Å². The van der Waals surface area contributed by atoms with Crippen molar-refractivity contribution >= 4 is 23.0 Å². The third-order valence-corrected chi connectivity index (χ3v) is 4.57. The Morgan fingerprint density at radius 2 is 2.08 bits per heavy atom. The molecule has 0 atom stereocenters. The first-order chi connectivity index (χ1) is 11.9. The topological polar surface area (TPSA) is 116 Å². The molecule has 1 aromatic heterocycles. The monoisotopic (exact) mass is 333 g/mol. The SMILES string of the molecule is Cc1c(C#N)cnc(C(=O)Nc2ccc(N)c(C(=N)C3CC3)c2)c1C. The van der Waals surface area contributed by atoms with E-state index in [1.54, 1.807) is 32.0 Å². The van der Waals surface area contributed by atoms with Gasteiger partial charge in [0.15, 0.2) is 0 Å². The molecule has 3 rings (SSSR count). The summed E-state index contributed by atoms with van der Waals surface area (Å²) in [6, 6.07) is 7.21. The molecule has 1 fully saturated rings. The zero-order valence-electron chi connectivity index (χ0n) is 14.2. The first kappa shape index (κ1) is 16.7. The van der Waals surface area contributed by atoms with Crippen LogP contribution in [-0.2, 0) is 0 Å². The van der Waals surface area contributed by atoms with Gasteiger partial charge in [0, 0.05) is 34.8 Å². The second kappa shape index (κ2) is 6.36. The predicted octanol–water partition coefficient (Wildman–Crippen LogP) is 3.18. The normalized spacial score (nSPS) is 13.2. The largest absolute Gasteiger partial charge is 0.398 e. The Balaban J connectivity index is 1.87. The molecular weight excluding hydrogens is 314 g/mol. The lowest BCUT2D eigenvalue weighted by Gasteiger charge is -2.12. The van der Waals surface area contributed by atoms with Crippen LogP contribution in [0.2, 0.25) is 0 Å². The maximum atomic E-state index is 12.6. The molecule has 1 aliphatic carbocycles. The second-order valence-electron chi connectivity index (χ2n) is 6.33. The number of benzene rings is 1. The van der Waals surface area contributed by atoms with Crippen LogP contribution in [0, 0.1) is 36.5 Å². The molecule has 0 spiro atoms. The molecule has 2 aromatic rings. The van der Waals surface area contributed by atoms with Crippen molar-refractivity contribution in [1.82, 2.24) is 4.98 Å². The van der Waals surface area contributed by atoms with E-state index < -0.39 is 0 Å². The van der Waals surface area contributed by atoms with Gasteiger partial charge in [-0.2, -0.15) is 5.26 Å². The number of nitrogens with one attached hydrogen (secondary N) is 2. The van der Waals surface area contributed by atoms with Crippen molar-refractivity contribution in [3.8, 4) is 6.07 Å². The summed E-state index contributed by atoms with van der Waals surface area (Å²) in [5, 5.41) is 20.1. The van der Waals surface area contributed by atoms with Crippen molar-refractivity contribution in [3.63, 3.8) is 0 Å². The molecule has 6 nitrogen and oxygen atoms in total.